The first-order valence-electron chi connectivity index (χ1n) is 3.18. The van der Waals surface area contributed by atoms with E-state index in [4.69, 9.17) is 17.3 Å². The van der Waals surface area contributed by atoms with E-state index in [-0.39, 0.29) is 0 Å². The van der Waals surface area contributed by atoms with Crippen molar-refractivity contribution in [2.75, 3.05) is 5.73 Å². The minimum Gasteiger partial charge on any atom is -0.397 e. The number of hydrogen-bond acceptors (Lipinski definition) is 3. The summed E-state index contributed by atoms with van der Waals surface area (Å²) in [5.74, 6) is 0. The van der Waals surface area contributed by atoms with Gasteiger partial charge in [0.2, 0.25) is 0 Å². The van der Waals surface area contributed by atoms with Crippen molar-refractivity contribution < 1.29 is 0 Å². The molecule has 2 aromatic rings. The third-order valence-corrected chi connectivity index (χ3v) is 3.39. The van der Waals surface area contributed by atoms with E-state index in [1.807, 2.05) is 0 Å². The summed E-state index contributed by atoms with van der Waals surface area (Å²) in [6, 6.07) is 1.79. The Bertz CT molecular complexity index is 440. The number of halogens is 2. The minimum atomic E-state index is 0.680. The van der Waals surface area contributed by atoms with Gasteiger partial charge in [-0.1, -0.05) is 11.6 Å². The molecule has 0 aliphatic heterocycles. The SMILES string of the molecule is Nc1c(Br)cc(Cl)c2cnsc12. The summed E-state index contributed by atoms with van der Waals surface area (Å²) in [5, 5.41) is 1.60. The standard InChI is InChI=1S/C7H4BrClN2S/c8-4-1-5(9)3-2-11-12-7(3)6(4)10/h1-2H,10H2. The van der Waals surface area contributed by atoms with Gasteiger partial charge in [0.05, 0.1) is 21.6 Å². The Morgan fingerprint density at radius 3 is 3.08 bits per heavy atom. The molecule has 0 spiro atoms. The van der Waals surface area contributed by atoms with Crippen LogP contribution in [0.15, 0.2) is 16.7 Å². The van der Waals surface area contributed by atoms with Gasteiger partial charge in [-0.2, -0.15) is 4.37 Å². The molecule has 1 heterocycles. The summed E-state index contributed by atoms with van der Waals surface area (Å²) >= 11 is 10.6. The van der Waals surface area contributed by atoms with E-state index in [2.05, 4.69) is 20.3 Å². The zero-order chi connectivity index (χ0) is 8.72. The van der Waals surface area contributed by atoms with Crippen molar-refractivity contribution in [3.63, 3.8) is 0 Å². The summed E-state index contributed by atoms with van der Waals surface area (Å²) in [7, 11) is 0. The molecule has 1 aromatic carbocycles. The predicted molar refractivity (Wildman–Crippen MR) is 56.7 cm³/mol. The number of hydrogen-bond donors (Lipinski definition) is 1. The monoisotopic (exact) mass is 262 g/mol. The van der Waals surface area contributed by atoms with E-state index in [0.29, 0.717) is 10.7 Å². The van der Waals surface area contributed by atoms with Crippen molar-refractivity contribution in [1.29, 1.82) is 0 Å². The molecule has 0 bridgehead atoms. The summed E-state index contributed by atoms with van der Waals surface area (Å²) in [4.78, 5) is 0. The maximum atomic E-state index is 5.96. The van der Waals surface area contributed by atoms with Crippen molar-refractivity contribution in [2.24, 2.45) is 0 Å². The van der Waals surface area contributed by atoms with Crippen LogP contribution in [0.5, 0.6) is 0 Å². The molecule has 12 heavy (non-hydrogen) atoms. The van der Waals surface area contributed by atoms with Crippen molar-refractivity contribution in [3.8, 4) is 0 Å². The third kappa shape index (κ3) is 1.11. The average Bonchev–Trinajstić information content (AvgIpc) is 2.48. The quantitative estimate of drug-likeness (QED) is 0.741. The van der Waals surface area contributed by atoms with Crippen molar-refractivity contribution >= 4 is 54.8 Å². The second-order valence-corrected chi connectivity index (χ2v) is 4.39. The molecule has 2 N–H and O–H groups in total. The second-order valence-electron chi connectivity index (χ2n) is 2.32. The number of rotatable bonds is 0. The lowest BCUT2D eigenvalue weighted by molar-refractivity contribution is 1.60. The van der Waals surface area contributed by atoms with Gasteiger partial charge in [0.25, 0.3) is 0 Å². The molecule has 0 amide bonds. The first-order chi connectivity index (χ1) is 5.70. The molecule has 2 nitrogen and oxygen atoms in total. The maximum Gasteiger partial charge on any atom is 0.0805 e. The Labute approximate surface area is 86.6 Å². The van der Waals surface area contributed by atoms with Gasteiger partial charge in [-0.25, -0.2) is 0 Å². The molecular formula is C7H4BrClN2S. The predicted octanol–water partition coefficient (Wildman–Crippen LogP) is 3.29. The summed E-state index contributed by atoms with van der Waals surface area (Å²) in [6.07, 6.45) is 1.73. The van der Waals surface area contributed by atoms with E-state index in [0.717, 1.165) is 14.6 Å². The van der Waals surface area contributed by atoms with Gasteiger partial charge in [0, 0.05) is 9.86 Å². The van der Waals surface area contributed by atoms with Gasteiger partial charge in [-0.15, -0.1) is 0 Å². The van der Waals surface area contributed by atoms with Crippen molar-refractivity contribution in [3.05, 3.63) is 21.8 Å². The molecule has 0 fully saturated rings. The molecule has 0 saturated carbocycles. The molecule has 5 heteroatoms. The molecule has 2 rings (SSSR count). The number of benzene rings is 1. The van der Waals surface area contributed by atoms with Gasteiger partial charge in [-0.3, -0.25) is 0 Å². The largest absolute Gasteiger partial charge is 0.397 e. The van der Waals surface area contributed by atoms with E-state index < -0.39 is 0 Å². The molecule has 0 saturated heterocycles. The molecule has 62 valence electrons. The smallest absolute Gasteiger partial charge is 0.0805 e. The van der Waals surface area contributed by atoms with E-state index in [9.17, 15) is 0 Å². The summed E-state index contributed by atoms with van der Waals surface area (Å²) < 4.78 is 5.78. The van der Waals surface area contributed by atoms with Crippen LogP contribution in [-0.4, -0.2) is 4.37 Å². The first kappa shape index (κ1) is 8.29. The van der Waals surface area contributed by atoms with Crippen molar-refractivity contribution in [1.82, 2.24) is 4.37 Å². The van der Waals surface area contributed by atoms with Gasteiger partial charge < -0.3 is 5.73 Å². The highest BCUT2D eigenvalue weighted by Gasteiger charge is 2.08. The number of fused-ring (bicyclic) bond motifs is 1. The Kier molecular flexibility index (Phi) is 1.98. The van der Waals surface area contributed by atoms with Crippen LogP contribution in [0, 0.1) is 0 Å². The van der Waals surface area contributed by atoms with Crippen LogP contribution in [-0.2, 0) is 0 Å². The fraction of sp³-hybridized carbons (Fsp3) is 0. The minimum absolute atomic E-state index is 0.680. The average molecular weight is 264 g/mol. The van der Waals surface area contributed by atoms with Gasteiger partial charge in [0.15, 0.2) is 0 Å². The molecule has 0 radical (unpaired) electrons. The molecule has 0 aliphatic carbocycles. The lowest BCUT2D eigenvalue weighted by Gasteiger charge is -1.99. The van der Waals surface area contributed by atoms with Crippen LogP contribution in [0.25, 0.3) is 10.1 Å². The summed E-state index contributed by atoms with van der Waals surface area (Å²) in [6.45, 7) is 0. The first-order valence-corrected chi connectivity index (χ1v) is 5.12. The van der Waals surface area contributed by atoms with Crippen molar-refractivity contribution in [2.45, 2.75) is 0 Å². The van der Waals surface area contributed by atoms with Crippen LogP contribution in [0.2, 0.25) is 5.02 Å². The number of aromatic nitrogens is 1. The van der Waals surface area contributed by atoms with Crippen LogP contribution in [0.1, 0.15) is 0 Å². The lowest BCUT2D eigenvalue weighted by Crippen LogP contribution is -1.86. The Balaban J connectivity index is 2.97. The fourth-order valence-electron chi connectivity index (χ4n) is 0.979. The topological polar surface area (TPSA) is 38.9 Å². The number of nitrogens with two attached hydrogens (primary N) is 1. The van der Waals surface area contributed by atoms with Gasteiger partial charge in [-0.05, 0) is 33.5 Å². The zero-order valence-electron chi connectivity index (χ0n) is 5.84. The number of nitrogens with zero attached hydrogens (tertiary/aromatic N) is 1. The van der Waals surface area contributed by atoms with Gasteiger partial charge >= 0.3 is 0 Å². The zero-order valence-corrected chi connectivity index (χ0v) is 9.00. The molecular weight excluding hydrogens is 260 g/mol. The van der Waals surface area contributed by atoms with Crippen LogP contribution in [0.3, 0.4) is 0 Å². The van der Waals surface area contributed by atoms with Crippen LogP contribution in [0.4, 0.5) is 5.69 Å². The van der Waals surface area contributed by atoms with E-state index >= 15 is 0 Å². The highest BCUT2D eigenvalue weighted by Crippen LogP contribution is 2.36. The Morgan fingerprint density at radius 1 is 1.58 bits per heavy atom. The highest BCUT2D eigenvalue weighted by molar-refractivity contribution is 9.10. The van der Waals surface area contributed by atoms with Crippen LogP contribution >= 0.6 is 39.1 Å². The lowest BCUT2D eigenvalue weighted by atomic mass is 10.2. The summed E-state index contributed by atoms with van der Waals surface area (Å²) in [5.41, 5.74) is 6.50. The normalized spacial score (nSPS) is 10.8. The van der Waals surface area contributed by atoms with Crippen LogP contribution < -0.4 is 5.73 Å². The Morgan fingerprint density at radius 2 is 2.33 bits per heavy atom. The third-order valence-electron chi connectivity index (χ3n) is 1.58. The maximum absolute atomic E-state index is 5.96. The number of nitrogen functional groups attached to an aromatic ring is 1. The number of anilines is 1. The molecule has 1 aromatic heterocycles. The molecule has 0 unspecified atom stereocenters. The van der Waals surface area contributed by atoms with E-state index in [1.165, 1.54) is 11.5 Å². The van der Waals surface area contributed by atoms with E-state index in [1.54, 1.807) is 12.3 Å². The molecule has 0 atom stereocenters. The highest BCUT2D eigenvalue weighted by atomic mass is 79.9. The second kappa shape index (κ2) is 2.87. The Hall–Kier alpha value is -0.320. The fourth-order valence-corrected chi connectivity index (χ4v) is 2.71. The van der Waals surface area contributed by atoms with Gasteiger partial charge in [0.1, 0.15) is 0 Å². The molecule has 0 aliphatic rings.